The summed E-state index contributed by atoms with van der Waals surface area (Å²) in [4.78, 5) is 0. The topological polar surface area (TPSA) is 35.2 Å². The van der Waals surface area contributed by atoms with Crippen molar-refractivity contribution < 1.29 is 9.13 Å². The van der Waals surface area contributed by atoms with Crippen LogP contribution in [0.4, 0.5) is 4.39 Å². The Balaban J connectivity index is 2.91. The molecule has 0 unspecified atom stereocenters. The monoisotopic (exact) mass is 169 g/mol. The van der Waals surface area contributed by atoms with Crippen LogP contribution in [-0.4, -0.2) is 7.11 Å². The second kappa shape index (κ2) is 4.18. The minimum Gasteiger partial charge on any atom is -0.380 e. The van der Waals surface area contributed by atoms with Gasteiger partial charge in [-0.3, -0.25) is 0 Å². The summed E-state index contributed by atoms with van der Waals surface area (Å²) in [5.74, 6) is -0.242. The van der Waals surface area contributed by atoms with Gasteiger partial charge in [0.05, 0.1) is 6.61 Å². The van der Waals surface area contributed by atoms with E-state index < -0.39 is 0 Å². The van der Waals surface area contributed by atoms with Crippen molar-refractivity contribution in [2.24, 2.45) is 5.73 Å². The van der Waals surface area contributed by atoms with Crippen LogP contribution in [0.3, 0.4) is 0 Å². The molecule has 2 nitrogen and oxygen atoms in total. The second-order valence-corrected chi connectivity index (χ2v) is 2.56. The van der Waals surface area contributed by atoms with E-state index in [9.17, 15) is 4.39 Å². The van der Waals surface area contributed by atoms with Gasteiger partial charge in [0.2, 0.25) is 0 Å². The Morgan fingerprint density at radius 2 is 2.25 bits per heavy atom. The fraction of sp³-hybridized carbons (Fsp3) is 0.333. The summed E-state index contributed by atoms with van der Waals surface area (Å²) in [6, 6.07) is 4.81. The number of rotatable bonds is 3. The quantitative estimate of drug-likeness (QED) is 0.742. The summed E-state index contributed by atoms with van der Waals surface area (Å²) >= 11 is 0. The summed E-state index contributed by atoms with van der Waals surface area (Å²) in [5, 5.41) is 0. The van der Waals surface area contributed by atoms with Gasteiger partial charge in [0.25, 0.3) is 0 Å². The maximum Gasteiger partial charge on any atom is 0.128 e. The highest BCUT2D eigenvalue weighted by Gasteiger charge is 2.01. The molecule has 1 aromatic rings. The first kappa shape index (κ1) is 9.16. The van der Waals surface area contributed by atoms with Crippen LogP contribution in [0.15, 0.2) is 18.2 Å². The molecule has 0 aliphatic heterocycles. The lowest BCUT2D eigenvalue weighted by Crippen LogP contribution is -1.99. The summed E-state index contributed by atoms with van der Waals surface area (Å²) in [6.45, 7) is 0.719. The highest BCUT2D eigenvalue weighted by molar-refractivity contribution is 5.24. The second-order valence-electron chi connectivity index (χ2n) is 2.56. The van der Waals surface area contributed by atoms with Crippen LogP contribution in [-0.2, 0) is 17.9 Å². The van der Waals surface area contributed by atoms with Crippen molar-refractivity contribution in [2.45, 2.75) is 13.2 Å². The number of benzene rings is 1. The number of hydrogen-bond donors (Lipinski definition) is 1. The Bertz CT molecular complexity index is 263. The Hall–Kier alpha value is -0.930. The molecule has 0 radical (unpaired) electrons. The van der Waals surface area contributed by atoms with Crippen LogP contribution in [0.25, 0.3) is 0 Å². The molecule has 1 rings (SSSR count). The lowest BCUT2D eigenvalue weighted by Gasteiger charge is -2.03. The molecule has 12 heavy (non-hydrogen) atoms. The van der Waals surface area contributed by atoms with Crippen molar-refractivity contribution in [3.63, 3.8) is 0 Å². The van der Waals surface area contributed by atoms with Crippen LogP contribution >= 0.6 is 0 Å². The zero-order chi connectivity index (χ0) is 8.97. The van der Waals surface area contributed by atoms with Crippen LogP contribution < -0.4 is 5.73 Å². The molecule has 66 valence electrons. The number of hydrogen-bond acceptors (Lipinski definition) is 2. The van der Waals surface area contributed by atoms with Gasteiger partial charge in [0.1, 0.15) is 5.82 Å². The van der Waals surface area contributed by atoms with Gasteiger partial charge in [-0.1, -0.05) is 6.07 Å². The molecular formula is C9H12FNO. The molecule has 0 spiro atoms. The summed E-state index contributed by atoms with van der Waals surface area (Å²) in [5.41, 5.74) is 6.88. The molecule has 0 saturated carbocycles. The molecule has 0 bridgehead atoms. The Labute approximate surface area is 71.1 Å². The third-order valence-corrected chi connectivity index (χ3v) is 1.65. The number of ether oxygens (including phenoxy) is 1. The third kappa shape index (κ3) is 2.03. The fourth-order valence-corrected chi connectivity index (χ4v) is 1.02. The Kier molecular flexibility index (Phi) is 3.19. The van der Waals surface area contributed by atoms with Crippen molar-refractivity contribution >= 4 is 0 Å². The predicted octanol–water partition coefficient (Wildman–Crippen LogP) is 1.43. The van der Waals surface area contributed by atoms with Crippen LogP contribution in [0.1, 0.15) is 11.1 Å². The zero-order valence-electron chi connectivity index (χ0n) is 7.01. The largest absolute Gasteiger partial charge is 0.380 e. The van der Waals surface area contributed by atoms with Crippen molar-refractivity contribution in [2.75, 3.05) is 7.11 Å². The molecule has 0 aromatic heterocycles. The van der Waals surface area contributed by atoms with Gasteiger partial charge in [0.15, 0.2) is 0 Å². The van der Waals surface area contributed by atoms with Crippen LogP contribution in [0.2, 0.25) is 0 Å². The molecule has 2 N–H and O–H groups in total. The zero-order valence-corrected chi connectivity index (χ0v) is 7.01. The fourth-order valence-electron chi connectivity index (χ4n) is 1.02. The number of nitrogens with two attached hydrogens (primary N) is 1. The Morgan fingerprint density at radius 3 is 2.83 bits per heavy atom. The van der Waals surface area contributed by atoms with Gasteiger partial charge in [0, 0.05) is 19.2 Å². The SMILES string of the molecule is COCc1cc(CN)ccc1F. The molecule has 3 heteroatoms. The van der Waals surface area contributed by atoms with Gasteiger partial charge in [-0.15, -0.1) is 0 Å². The first-order valence-electron chi connectivity index (χ1n) is 3.74. The minimum atomic E-state index is -0.242. The van der Waals surface area contributed by atoms with Crippen LogP contribution in [0, 0.1) is 5.82 Å². The summed E-state index contributed by atoms with van der Waals surface area (Å²) in [7, 11) is 1.54. The molecule has 0 aliphatic rings. The minimum absolute atomic E-state index is 0.242. The van der Waals surface area contributed by atoms with E-state index in [0.717, 1.165) is 5.56 Å². The number of halogens is 1. The lowest BCUT2D eigenvalue weighted by molar-refractivity contribution is 0.181. The average Bonchev–Trinajstić information content (AvgIpc) is 2.09. The average molecular weight is 169 g/mol. The maximum absolute atomic E-state index is 13.0. The van der Waals surface area contributed by atoms with Crippen molar-refractivity contribution in [1.82, 2.24) is 0 Å². The molecular weight excluding hydrogens is 157 g/mol. The van der Waals surface area contributed by atoms with E-state index in [4.69, 9.17) is 10.5 Å². The third-order valence-electron chi connectivity index (χ3n) is 1.65. The number of methoxy groups -OCH3 is 1. The summed E-state index contributed by atoms with van der Waals surface area (Å²) in [6.07, 6.45) is 0. The summed E-state index contributed by atoms with van der Waals surface area (Å²) < 4.78 is 17.8. The highest BCUT2D eigenvalue weighted by Crippen LogP contribution is 2.10. The molecule has 0 saturated heterocycles. The van der Waals surface area contributed by atoms with Gasteiger partial charge >= 0.3 is 0 Å². The smallest absolute Gasteiger partial charge is 0.128 e. The van der Waals surface area contributed by atoms with E-state index in [2.05, 4.69) is 0 Å². The normalized spacial score (nSPS) is 10.2. The first-order chi connectivity index (χ1) is 5.77. The van der Waals surface area contributed by atoms with Gasteiger partial charge in [-0.05, 0) is 17.7 Å². The van der Waals surface area contributed by atoms with E-state index in [1.165, 1.54) is 13.2 Å². The first-order valence-corrected chi connectivity index (χ1v) is 3.74. The predicted molar refractivity (Wildman–Crippen MR) is 45.0 cm³/mol. The van der Waals surface area contributed by atoms with E-state index >= 15 is 0 Å². The van der Waals surface area contributed by atoms with Crippen LogP contribution in [0.5, 0.6) is 0 Å². The van der Waals surface area contributed by atoms with E-state index in [1.807, 2.05) is 0 Å². The molecule has 1 aromatic carbocycles. The van der Waals surface area contributed by atoms with Gasteiger partial charge in [-0.25, -0.2) is 4.39 Å². The molecule has 0 fully saturated rings. The van der Waals surface area contributed by atoms with Crippen molar-refractivity contribution in [3.05, 3.63) is 35.1 Å². The highest BCUT2D eigenvalue weighted by atomic mass is 19.1. The molecule has 0 atom stereocenters. The van der Waals surface area contributed by atoms with E-state index in [1.54, 1.807) is 12.1 Å². The molecule has 0 amide bonds. The molecule has 0 aliphatic carbocycles. The maximum atomic E-state index is 13.0. The van der Waals surface area contributed by atoms with Crippen molar-refractivity contribution in [3.8, 4) is 0 Å². The van der Waals surface area contributed by atoms with Gasteiger partial charge in [-0.2, -0.15) is 0 Å². The molecule has 0 heterocycles. The van der Waals surface area contributed by atoms with Gasteiger partial charge < -0.3 is 10.5 Å². The lowest BCUT2D eigenvalue weighted by atomic mass is 10.1. The Morgan fingerprint density at radius 1 is 1.50 bits per heavy atom. The van der Waals surface area contributed by atoms with E-state index in [-0.39, 0.29) is 5.82 Å². The van der Waals surface area contributed by atoms with E-state index in [0.29, 0.717) is 18.7 Å². The standard InChI is InChI=1S/C9H12FNO/c1-12-6-8-4-7(5-11)2-3-9(8)10/h2-4H,5-6,11H2,1H3. The van der Waals surface area contributed by atoms with Crippen molar-refractivity contribution in [1.29, 1.82) is 0 Å².